The number of aromatic nitrogens is 2. The van der Waals surface area contributed by atoms with Gasteiger partial charge in [-0.25, -0.2) is 4.68 Å². The number of carbonyl (C=O) groups is 1. The summed E-state index contributed by atoms with van der Waals surface area (Å²) in [4.78, 5) is 25.4. The van der Waals surface area contributed by atoms with Crippen LogP contribution in [0.3, 0.4) is 0 Å². The molecule has 1 N–H and O–H groups in total. The third kappa shape index (κ3) is 4.25. The summed E-state index contributed by atoms with van der Waals surface area (Å²) in [5, 5.41) is 11.9. The number of para-hydroxylation sites is 1. The molecule has 144 valence electrons. The van der Waals surface area contributed by atoms with E-state index in [0.29, 0.717) is 11.4 Å². The van der Waals surface area contributed by atoms with E-state index in [1.807, 2.05) is 54.6 Å². The van der Waals surface area contributed by atoms with Gasteiger partial charge in [-0.3, -0.25) is 14.3 Å². The average molecular weight is 384 g/mol. The first-order valence-electron chi connectivity index (χ1n) is 9.02. The van der Waals surface area contributed by atoms with Crippen LogP contribution in [0.5, 0.6) is 0 Å². The number of amides is 1. The largest absolute Gasteiger partial charge is 0.315 e. The molecule has 0 aliphatic rings. The van der Waals surface area contributed by atoms with Gasteiger partial charge in [-0.05, 0) is 30.7 Å². The number of nitrogens with zero attached hydrogens (tertiary/aromatic N) is 3. The minimum atomic E-state index is -0.628. The highest BCUT2D eigenvalue weighted by molar-refractivity contribution is 6.07. The summed E-state index contributed by atoms with van der Waals surface area (Å²) >= 11 is 0. The van der Waals surface area contributed by atoms with Crippen molar-refractivity contribution in [3.05, 3.63) is 100.0 Å². The van der Waals surface area contributed by atoms with E-state index >= 15 is 0 Å². The average Bonchev–Trinajstić information content (AvgIpc) is 2.95. The molecule has 6 heteroatoms. The first kappa shape index (κ1) is 19.6. The number of nitriles is 1. The lowest BCUT2D eigenvalue weighted by Crippen LogP contribution is -2.23. The SMILES string of the molecule is Cc1c(NC(=O)C(C#N)=CC=Cc2ccccc2)c(=O)n(-c2ccccc2)n1C. The Balaban J connectivity index is 1.87. The molecule has 0 radical (unpaired) electrons. The van der Waals surface area contributed by atoms with Gasteiger partial charge >= 0.3 is 0 Å². The van der Waals surface area contributed by atoms with E-state index in [4.69, 9.17) is 0 Å². The highest BCUT2D eigenvalue weighted by atomic mass is 16.2. The zero-order valence-corrected chi connectivity index (χ0v) is 16.2. The van der Waals surface area contributed by atoms with Crippen LogP contribution in [0.25, 0.3) is 11.8 Å². The zero-order valence-electron chi connectivity index (χ0n) is 16.2. The molecule has 1 amide bonds. The first-order chi connectivity index (χ1) is 14.0. The smallest absolute Gasteiger partial charge is 0.295 e. The van der Waals surface area contributed by atoms with Gasteiger partial charge in [-0.1, -0.05) is 60.7 Å². The molecule has 0 fully saturated rings. The third-order valence-corrected chi connectivity index (χ3v) is 4.51. The van der Waals surface area contributed by atoms with Gasteiger partial charge in [-0.2, -0.15) is 5.26 Å². The fraction of sp³-hybridized carbons (Fsp3) is 0.0870. The normalized spacial score (nSPS) is 11.4. The third-order valence-electron chi connectivity index (χ3n) is 4.51. The molecule has 6 nitrogen and oxygen atoms in total. The Morgan fingerprint density at radius 2 is 1.69 bits per heavy atom. The van der Waals surface area contributed by atoms with Crippen molar-refractivity contribution in [1.29, 1.82) is 5.26 Å². The Hall–Kier alpha value is -4.11. The Labute approximate surface area is 168 Å². The molecular formula is C23H20N4O2. The fourth-order valence-electron chi connectivity index (χ4n) is 2.88. The molecule has 0 unspecified atom stereocenters. The lowest BCUT2D eigenvalue weighted by atomic mass is 10.2. The van der Waals surface area contributed by atoms with Gasteiger partial charge in [-0.15, -0.1) is 0 Å². The molecule has 2 aromatic carbocycles. The summed E-state index contributed by atoms with van der Waals surface area (Å²) in [6.07, 6.45) is 4.85. The van der Waals surface area contributed by atoms with E-state index in [1.165, 1.54) is 10.8 Å². The number of benzene rings is 2. The lowest BCUT2D eigenvalue weighted by Gasteiger charge is -2.07. The molecule has 0 spiro atoms. The van der Waals surface area contributed by atoms with E-state index in [1.54, 1.807) is 42.9 Å². The van der Waals surface area contributed by atoms with Crippen molar-refractivity contribution in [2.75, 3.05) is 5.32 Å². The van der Waals surface area contributed by atoms with Gasteiger partial charge < -0.3 is 5.32 Å². The predicted molar refractivity (Wildman–Crippen MR) is 114 cm³/mol. The number of anilines is 1. The predicted octanol–water partition coefficient (Wildman–Crippen LogP) is 3.59. The fourth-order valence-corrected chi connectivity index (χ4v) is 2.88. The Morgan fingerprint density at radius 3 is 2.31 bits per heavy atom. The van der Waals surface area contributed by atoms with Crippen LogP contribution in [0.1, 0.15) is 11.3 Å². The first-order valence-corrected chi connectivity index (χ1v) is 9.02. The number of hydrogen-bond acceptors (Lipinski definition) is 3. The second kappa shape index (κ2) is 8.72. The Kier molecular flexibility index (Phi) is 5.91. The molecular weight excluding hydrogens is 364 g/mol. The number of hydrogen-bond donors (Lipinski definition) is 1. The van der Waals surface area contributed by atoms with Crippen LogP contribution >= 0.6 is 0 Å². The van der Waals surface area contributed by atoms with Gasteiger partial charge in [0.05, 0.1) is 11.4 Å². The lowest BCUT2D eigenvalue weighted by molar-refractivity contribution is -0.112. The number of carbonyl (C=O) groups excluding carboxylic acids is 1. The maximum atomic E-state index is 12.9. The quantitative estimate of drug-likeness (QED) is 0.415. The molecule has 3 aromatic rings. The zero-order chi connectivity index (χ0) is 20.8. The Morgan fingerprint density at radius 1 is 1.07 bits per heavy atom. The summed E-state index contributed by atoms with van der Waals surface area (Å²) in [7, 11) is 1.74. The van der Waals surface area contributed by atoms with Crippen molar-refractivity contribution >= 4 is 17.7 Å². The maximum Gasteiger partial charge on any atom is 0.295 e. The molecule has 0 bridgehead atoms. The molecule has 3 rings (SSSR count). The van der Waals surface area contributed by atoms with Gasteiger partial charge in [0.2, 0.25) is 0 Å². The Bertz CT molecular complexity index is 1180. The van der Waals surface area contributed by atoms with Crippen LogP contribution in [0.2, 0.25) is 0 Å². The molecule has 0 saturated heterocycles. The number of allylic oxidation sites excluding steroid dienone is 2. The second-order valence-electron chi connectivity index (χ2n) is 6.35. The summed E-state index contributed by atoms with van der Waals surface area (Å²) in [5.41, 5.74) is 1.92. The van der Waals surface area contributed by atoms with Gasteiger partial charge in [0.1, 0.15) is 17.3 Å². The van der Waals surface area contributed by atoms with Crippen LogP contribution in [0, 0.1) is 18.3 Å². The van der Waals surface area contributed by atoms with Crippen molar-refractivity contribution in [2.24, 2.45) is 7.05 Å². The summed E-state index contributed by atoms with van der Waals surface area (Å²) < 4.78 is 3.13. The van der Waals surface area contributed by atoms with Gasteiger partial charge in [0.25, 0.3) is 11.5 Å². The molecule has 29 heavy (non-hydrogen) atoms. The van der Waals surface area contributed by atoms with E-state index in [0.717, 1.165) is 5.56 Å². The van der Waals surface area contributed by atoms with Crippen LogP contribution in [0.15, 0.2) is 83.2 Å². The minimum Gasteiger partial charge on any atom is -0.315 e. The second-order valence-corrected chi connectivity index (χ2v) is 6.35. The highest BCUT2D eigenvalue weighted by Gasteiger charge is 2.19. The van der Waals surface area contributed by atoms with Crippen molar-refractivity contribution in [3.8, 4) is 11.8 Å². The van der Waals surface area contributed by atoms with E-state index < -0.39 is 5.91 Å². The van der Waals surface area contributed by atoms with Crippen LogP contribution in [0.4, 0.5) is 5.69 Å². The monoisotopic (exact) mass is 384 g/mol. The molecule has 0 aliphatic heterocycles. The summed E-state index contributed by atoms with van der Waals surface area (Å²) in [6.45, 7) is 1.74. The molecule has 1 aromatic heterocycles. The summed E-state index contributed by atoms with van der Waals surface area (Å²) in [5.74, 6) is -0.628. The molecule has 0 saturated carbocycles. The molecule has 1 heterocycles. The summed E-state index contributed by atoms with van der Waals surface area (Å²) in [6, 6.07) is 20.6. The molecule has 0 aliphatic carbocycles. The van der Waals surface area contributed by atoms with Crippen molar-refractivity contribution < 1.29 is 4.79 Å². The van der Waals surface area contributed by atoms with Gasteiger partial charge in [0.15, 0.2) is 0 Å². The number of rotatable bonds is 5. The van der Waals surface area contributed by atoms with Crippen LogP contribution in [-0.2, 0) is 11.8 Å². The standard InChI is InChI=1S/C23H20N4O2/c1-17-21(23(29)27(26(17)2)20-14-7-4-8-15-20)25-22(28)19(16-24)13-9-12-18-10-5-3-6-11-18/h3-15H,1-2H3,(H,25,28). The van der Waals surface area contributed by atoms with Crippen LogP contribution < -0.4 is 10.9 Å². The van der Waals surface area contributed by atoms with Crippen LogP contribution in [-0.4, -0.2) is 15.3 Å². The van der Waals surface area contributed by atoms with Crippen molar-refractivity contribution in [1.82, 2.24) is 9.36 Å². The van der Waals surface area contributed by atoms with E-state index in [-0.39, 0.29) is 16.8 Å². The number of nitrogens with one attached hydrogen (secondary N) is 1. The highest BCUT2D eigenvalue weighted by Crippen LogP contribution is 2.15. The van der Waals surface area contributed by atoms with Crippen molar-refractivity contribution in [2.45, 2.75) is 6.92 Å². The van der Waals surface area contributed by atoms with E-state index in [9.17, 15) is 14.9 Å². The topological polar surface area (TPSA) is 79.8 Å². The maximum absolute atomic E-state index is 12.9. The molecule has 0 atom stereocenters. The van der Waals surface area contributed by atoms with Gasteiger partial charge in [0, 0.05) is 7.05 Å². The minimum absolute atomic E-state index is 0.0916. The van der Waals surface area contributed by atoms with Crippen molar-refractivity contribution in [3.63, 3.8) is 0 Å². The van der Waals surface area contributed by atoms with E-state index in [2.05, 4.69) is 5.32 Å².